The lowest BCUT2D eigenvalue weighted by atomic mass is 10.1. The number of aromatic carboxylic acids is 1. The van der Waals surface area contributed by atoms with E-state index in [-0.39, 0.29) is 23.6 Å². The molecular weight excluding hydrogens is 312 g/mol. The molecular formula is C16H12N4O4. The van der Waals surface area contributed by atoms with Gasteiger partial charge in [0.1, 0.15) is 5.69 Å². The average Bonchev–Trinajstić information content (AvgIpc) is 3.09. The lowest BCUT2D eigenvalue weighted by Gasteiger charge is -2.03. The van der Waals surface area contributed by atoms with Gasteiger partial charge in [0.05, 0.1) is 12.1 Å². The van der Waals surface area contributed by atoms with E-state index in [9.17, 15) is 9.59 Å². The molecule has 0 radical (unpaired) electrons. The molecule has 3 rings (SSSR count). The number of carboxylic acid groups (broad SMARTS) is 1. The molecule has 0 aliphatic rings. The number of amides is 1. The zero-order valence-corrected chi connectivity index (χ0v) is 12.3. The van der Waals surface area contributed by atoms with Gasteiger partial charge in [0.15, 0.2) is 0 Å². The summed E-state index contributed by atoms with van der Waals surface area (Å²) in [5.74, 6) is -0.983. The number of rotatable bonds is 5. The quantitative estimate of drug-likeness (QED) is 0.734. The van der Waals surface area contributed by atoms with E-state index in [4.69, 9.17) is 9.63 Å². The highest BCUT2D eigenvalue weighted by atomic mass is 16.5. The molecule has 0 aliphatic heterocycles. The predicted molar refractivity (Wildman–Crippen MR) is 82.1 cm³/mol. The van der Waals surface area contributed by atoms with Crippen LogP contribution in [0.15, 0.2) is 53.2 Å². The van der Waals surface area contributed by atoms with Gasteiger partial charge in [-0.05, 0) is 30.3 Å². The Labute approximate surface area is 136 Å². The molecule has 0 fully saturated rings. The van der Waals surface area contributed by atoms with E-state index in [2.05, 4.69) is 20.4 Å². The van der Waals surface area contributed by atoms with Crippen LogP contribution in [0.2, 0.25) is 0 Å². The van der Waals surface area contributed by atoms with Crippen molar-refractivity contribution in [1.29, 1.82) is 0 Å². The van der Waals surface area contributed by atoms with Crippen molar-refractivity contribution in [2.45, 2.75) is 6.54 Å². The summed E-state index contributed by atoms with van der Waals surface area (Å²) in [7, 11) is 0. The molecule has 3 aromatic rings. The van der Waals surface area contributed by atoms with E-state index in [0.29, 0.717) is 11.5 Å². The number of pyridine rings is 1. The maximum atomic E-state index is 12.1. The Hall–Kier alpha value is -3.55. The molecule has 0 saturated heterocycles. The fourth-order valence-electron chi connectivity index (χ4n) is 1.98. The summed E-state index contributed by atoms with van der Waals surface area (Å²) in [6.45, 7) is 0.0238. The van der Waals surface area contributed by atoms with Crippen LogP contribution >= 0.6 is 0 Å². The van der Waals surface area contributed by atoms with Gasteiger partial charge in [-0.2, -0.15) is 4.98 Å². The van der Waals surface area contributed by atoms with Crippen LogP contribution in [0.25, 0.3) is 11.5 Å². The van der Waals surface area contributed by atoms with Crippen molar-refractivity contribution in [3.63, 3.8) is 0 Å². The number of nitrogens with one attached hydrogen (secondary N) is 1. The number of hydrogen-bond donors (Lipinski definition) is 2. The fourth-order valence-corrected chi connectivity index (χ4v) is 1.98. The molecule has 0 bridgehead atoms. The lowest BCUT2D eigenvalue weighted by Crippen LogP contribution is -2.23. The molecule has 0 unspecified atom stereocenters. The number of carboxylic acids is 1. The first-order valence-corrected chi connectivity index (χ1v) is 6.99. The Balaban J connectivity index is 1.66. The Morgan fingerprint density at radius 1 is 1.12 bits per heavy atom. The van der Waals surface area contributed by atoms with Crippen molar-refractivity contribution in [3.05, 3.63) is 65.7 Å². The summed E-state index contributed by atoms with van der Waals surface area (Å²) in [6.07, 6.45) is 1.61. The number of aromatic nitrogens is 3. The van der Waals surface area contributed by atoms with Crippen molar-refractivity contribution in [2.24, 2.45) is 0 Å². The first kappa shape index (κ1) is 15.3. The summed E-state index contributed by atoms with van der Waals surface area (Å²) >= 11 is 0. The molecule has 1 amide bonds. The number of carbonyl (C=O) groups is 2. The topological polar surface area (TPSA) is 118 Å². The molecule has 8 nitrogen and oxygen atoms in total. The first-order valence-electron chi connectivity index (χ1n) is 6.99. The van der Waals surface area contributed by atoms with Crippen molar-refractivity contribution in [1.82, 2.24) is 20.4 Å². The Morgan fingerprint density at radius 2 is 1.96 bits per heavy atom. The normalized spacial score (nSPS) is 10.3. The molecule has 8 heteroatoms. The third kappa shape index (κ3) is 3.43. The molecule has 1 aromatic carbocycles. The van der Waals surface area contributed by atoms with E-state index in [1.807, 2.05) is 0 Å². The molecule has 2 heterocycles. The van der Waals surface area contributed by atoms with E-state index in [1.165, 1.54) is 24.3 Å². The summed E-state index contributed by atoms with van der Waals surface area (Å²) in [6, 6.07) is 11.1. The van der Waals surface area contributed by atoms with Crippen LogP contribution in [0.1, 0.15) is 26.6 Å². The minimum absolute atomic E-state index is 0.0238. The molecule has 2 aromatic heterocycles. The predicted octanol–water partition coefficient (Wildman–Crippen LogP) is 1.76. The molecule has 0 spiro atoms. The van der Waals surface area contributed by atoms with Gasteiger partial charge in [-0.1, -0.05) is 17.3 Å². The Bertz CT molecular complexity index is 877. The highest BCUT2D eigenvalue weighted by molar-refractivity contribution is 5.97. The first-order chi connectivity index (χ1) is 11.6. The number of nitrogens with zero attached hydrogens (tertiary/aromatic N) is 3. The average molecular weight is 324 g/mol. The highest BCUT2D eigenvalue weighted by Crippen LogP contribution is 2.12. The van der Waals surface area contributed by atoms with E-state index in [0.717, 1.165) is 0 Å². The summed E-state index contributed by atoms with van der Waals surface area (Å²) < 4.78 is 5.06. The van der Waals surface area contributed by atoms with E-state index in [1.54, 1.807) is 24.4 Å². The molecule has 0 aliphatic carbocycles. The van der Waals surface area contributed by atoms with Gasteiger partial charge < -0.3 is 14.9 Å². The minimum Gasteiger partial charge on any atom is -0.478 e. The van der Waals surface area contributed by atoms with Crippen molar-refractivity contribution < 1.29 is 19.2 Å². The van der Waals surface area contributed by atoms with Crippen LogP contribution in [-0.2, 0) is 6.54 Å². The smallest absolute Gasteiger partial charge is 0.335 e. The van der Waals surface area contributed by atoms with Crippen LogP contribution in [-0.4, -0.2) is 32.1 Å². The number of carbonyl (C=O) groups excluding carboxylic acids is 1. The van der Waals surface area contributed by atoms with Crippen LogP contribution in [0, 0.1) is 0 Å². The van der Waals surface area contributed by atoms with Crippen LogP contribution in [0.4, 0.5) is 0 Å². The van der Waals surface area contributed by atoms with Gasteiger partial charge in [0.25, 0.3) is 5.91 Å². The fraction of sp³-hybridized carbons (Fsp3) is 0.0625. The Kier molecular flexibility index (Phi) is 4.28. The van der Waals surface area contributed by atoms with Gasteiger partial charge in [-0.15, -0.1) is 0 Å². The third-order valence-corrected chi connectivity index (χ3v) is 3.13. The Morgan fingerprint density at radius 3 is 2.71 bits per heavy atom. The monoisotopic (exact) mass is 324 g/mol. The number of hydrogen-bond acceptors (Lipinski definition) is 6. The molecule has 24 heavy (non-hydrogen) atoms. The van der Waals surface area contributed by atoms with Gasteiger partial charge in [0, 0.05) is 11.8 Å². The second-order valence-electron chi connectivity index (χ2n) is 4.80. The van der Waals surface area contributed by atoms with Gasteiger partial charge >= 0.3 is 5.97 Å². The van der Waals surface area contributed by atoms with Crippen LogP contribution < -0.4 is 5.32 Å². The van der Waals surface area contributed by atoms with Crippen molar-refractivity contribution in [3.8, 4) is 11.5 Å². The van der Waals surface area contributed by atoms with Gasteiger partial charge in [-0.25, -0.2) is 4.79 Å². The van der Waals surface area contributed by atoms with E-state index < -0.39 is 11.9 Å². The maximum absolute atomic E-state index is 12.1. The van der Waals surface area contributed by atoms with Crippen molar-refractivity contribution in [2.75, 3.05) is 0 Å². The standard InChI is InChI=1S/C16H12N4O4/c21-15(10-4-3-5-11(8-10)16(22)23)18-9-13-19-14(20-24-13)12-6-1-2-7-17-12/h1-8H,9H2,(H,18,21)(H,22,23). The second kappa shape index (κ2) is 6.69. The minimum atomic E-state index is -1.10. The van der Waals surface area contributed by atoms with Crippen LogP contribution in [0.5, 0.6) is 0 Å². The number of benzene rings is 1. The third-order valence-electron chi connectivity index (χ3n) is 3.13. The maximum Gasteiger partial charge on any atom is 0.335 e. The molecule has 0 saturated carbocycles. The molecule has 2 N–H and O–H groups in total. The van der Waals surface area contributed by atoms with Gasteiger partial charge in [-0.3, -0.25) is 9.78 Å². The zero-order valence-electron chi connectivity index (χ0n) is 12.3. The van der Waals surface area contributed by atoms with E-state index >= 15 is 0 Å². The lowest BCUT2D eigenvalue weighted by molar-refractivity contribution is 0.0697. The summed E-state index contributed by atoms with van der Waals surface area (Å²) in [4.78, 5) is 31.2. The highest BCUT2D eigenvalue weighted by Gasteiger charge is 2.12. The van der Waals surface area contributed by atoms with Crippen molar-refractivity contribution >= 4 is 11.9 Å². The van der Waals surface area contributed by atoms with Crippen LogP contribution in [0.3, 0.4) is 0 Å². The summed E-state index contributed by atoms with van der Waals surface area (Å²) in [5.41, 5.74) is 0.838. The van der Waals surface area contributed by atoms with Gasteiger partial charge in [0.2, 0.25) is 11.7 Å². The largest absolute Gasteiger partial charge is 0.478 e. The summed E-state index contributed by atoms with van der Waals surface area (Å²) in [5, 5.41) is 15.3. The zero-order chi connectivity index (χ0) is 16.9. The second-order valence-corrected chi connectivity index (χ2v) is 4.80. The molecule has 120 valence electrons. The molecule has 0 atom stereocenters. The SMILES string of the molecule is O=C(O)c1cccc(C(=O)NCc2nc(-c3ccccn3)no2)c1.